The van der Waals surface area contributed by atoms with Crippen LogP contribution in [0.1, 0.15) is 20.8 Å². The maximum Gasteiger partial charge on any atom is 0.255 e. The van der Waals surface area contributed by atoms with Crippen molar-refractivity contribution in [1.82, 2.24) is 0 Å². The highest BCUT2D eigenvalue weighted by Crippen LogP contribution is 2.16. The number of hydrogen-bond acceptors (Lipinski definition) is 3. The first kappa shape index (κ1) is 16.8. The van der Waals surface area contributed by atoms with E-state index in [0.29, 0.717) is 5.56 Å². The van der Waals surface area contributed by atoms with Crippen LogP contribution in [0.3, 0.4) is 0 Å². The Bertz CT molecular complexity index is 934. The standard InChI is InChI=1S/C21H18N2OS/c1-23(2)19-9-4-7-17(15-19)21(24)22-18-8-3-6-16(14-18)11-12-20-10-5-13-25-20/h3-10,13-15H,1-2H3,(H,22,24). The van der Waals surface area contributed by atoms with E-state index in [0.717, 1.165) is 21.8 Å². The third-order valence-corrected chi connectivity index (χ3v) is 4.38. The van der Waals surface area contributed by atoms with E-state index in [1.165, 1.54) is 0 Å². The van der Waals surface area contributed by atoms with Gasteiger partial charge in [0, 0.05) is 36.6 Å². The van der Waals surface area contributed by atoms with Gasteiger partial charge in [0.15, 0.2) is 0 Å². The number of thiophene rings is 1. The predicted molar refractivity (Wildman–Crippen MR) is 105 cm³/mol. The van der Waals surface area contributed by atoms with Crippen molar-refractivity contribution in [1.29, 1.82) is 0 Å². The van der Waals surface area contributed by atoms with Gasteiger partial charge in [-0.1, -0.05) is 30.0 Å². The molecule has 3 aromatic rings. The van der Waals surface area contributed by atoms with Crippen LogP contribution >= 0.6 is 11.3 Å². The van der Waals surface area contributed by atoms with Gasteiger partial charge in [-0.05, 0) is 47.8 Å². The summed E-state index contributed by atoms with van der Waals surface area (Å²) in [6.07, 6.45) is 0. The zero-order chi connectivity index (χ0) is 17.6. The lowest BCUT2D eigenvalue weighted by Gasteiger charge is -2.13. The van der Waals surface area contributed by atoms with Crippen LogP contribution in [0, 0.1) is 11.8 Å². The molecule has 2 aromatic carbocycles. The molecular formula is C21H18N2OS. The molecule has 0 aliphatic rings. The molecule has 4 heteroatoms. The summed E-state index contributed by atoms with van der Waals surface area (Å²) in [5.41, 5.74) is 3.22. The summed E-state index contributed by atoms with van der Waals surface area (Å²) >= 11 is 1.61. The molecule has 0 saturated carbocycles. The minimum Gasteiger partial charge on any atom is -0.378 e. The fourth-order valence-corrected chi connectivity index (χ4v) is 2.86. The van der Waals surface area contributed by atoms with Crippen LogP contribution in [0.4, 0.5) is 11.4 Å². The van der Waals surface area contributed by atoms with Gasteiger partial charge in [-0.25, -0.2) is 0 Å². The minimum atomic E-state index is -0.132. The molecule has 0 spiro atoms. The average Bonchev–Trinajstić information content (AvgIpc) is 3.14. The molecule has 25 heavy (non-hydrogen) atoms. The van der Waals surface area contributed by atoms with E-state index in [1.54, 1.807) is 11.3 Å². The zero-order valence-electron chi connectivity index (χ0n) is 14.1. The van der Waals surface area contributed by atoms with Gasteiger partial charge in [-0.15, -0.1) is 11.3 Å². The van der Waals surface area contributed by atoms with Crippen LogP contribution in [-0.2, 0) is 0 Å². The van der Waals surface area contributed by atoms with Crippen molar-refractivity contribution in [3.8, 4) is 11.8 Å². The number of carbonyl (C=O) groups excluding carboxylic acids is 1. The maximum absolute atomic E-state index is 12.5. The molecule has 124 valence electrons. The monoisotopic (exact) mass is 346 g/mol. The smallest absolute Gasteiger partial charge is 0.255 e. The maximum atomic E-state index is 12.5. The second kappa shape index (κ2) is 7.69. The van der Waals surface area contributed by atoms with Crippen LogP contribution in [0.15, 0.2) is 66.0 Å². The van der Waals surface area contributed by atoms with E-state index in [2.05, 4.69) is 17.2 Å². The Hall–Kier alpha value is -3.03. The first-order valence-electron chi connectivity index (χ1n) is 7.86. The van der Waals surface area contributed by atoms with Gasteiger partial charge in [0.1, 0.15) is 0 Å². The van der Waals surface area contributed by atoms with E-state index in [4.69, 9.17) is 0 Å². The van der Waals surface area contributed by atoms with Crippen molar-refractivity contribution in [2.75, 3.05) is 24.3 Å². The van der Waals surface area contributed by atoms with Crippen LogP contribution in [0.5, 0.6) is 0 Å². The van der Waals surface area contributed by atoms with Gasteiger partial charge in [0.05, 0.1) is 4.88 Å². The molecule has 0 unspecified atom stereocenters. The highest BCUT2D eigenvalue weighted by molar-refractivity contribution is 7.10. The quantitative estimate of drug-likeness (QED) is 0.710. The van der Waals surface area contributed by atoms with Gasteiger partial charge < -0.3 is 10.2 Å². The number of hydrogen-bond donors (Lipinski definition) is 1. The van der Waals surface area contributed by atoms with Gasteiger partial charge in [0.2, 0.25) is 0 Å². The van der Waals surface area contributed by atoms with Gasteiger partial charge >= 0.3 is 0 Å². The lowest BCUT2D eigenvalue weighted by Crippen LogP contribution is -2.14. The van der Waals surface area contributed by atoms with E-state index >= 15 is 0 Å². The Labute approximate surface area is 151 Å². The van der Waals surface area contributed by atoms with Crippen LogP contribution in [0.2, 0.25) is 0 Å². The molecule has 0 fully saturated rings. The summed E-state index contributed by atoms with van der Waals surface area (Å²) in [5.74, 6) is 6.12. The number of nitrogens with one attached hydrogen (secondary N) is 1. The Morgan fingerprint density at radius 3 is 2.60 bits per heavy atom. The second-order valence-corrected chi connectivity index (χ2v) is 6.65. The summed E-state index contributed by atoms with van der Waals surface area (Å²) in [5, 5.41) is 4.94. The van der Waals surface area contributed by atoms with E-state index in [1.807, 2.05) is 85.0 Å². The van der Waals surface area contributed by atoms with Gasteiger partial charge in [0.25, 0.3) is 5.91 Å². The molecule has 1 heterocycles. The van der Waals surface area contributed by atoms with E-state index in [-0.39, 0.29) is 5.91 Å². The Kier molecular flexibility index (Phi) is 5.17. The molecule has 0 atom stereocenters. The first-order valence-corrected chi connectivity index (χ1v) is 8.74. The van der Waals surface area contributed by atoms with Crippen molar-refractivity contribution in [2.24, 2.45) is 0 Å². The largest absolute Gasteiger partial charge is 0.378 e. The Morgan fingerprint density at radius 1 is 1.00 bits per heavy atom. The molecule has 0 radical (unpaired) electrons. The topological polar surface area (TPSA) is 32.3 Å². The lowest BCUT2D eigenvalue weighted by atomic mass is 10.1. The average molecular weight is 346 g/mol. The number of nitrogens with zero attached hydrogens (tertiary/aromatic N) is 1. The summed E-state index contributed by atoms with van der Waals surface area (Å²) in [4.78, 5) is 15.5. The van der Waals surface area contributed by atoms with Crippen molar-refractivity contribution in [2.45, 2.75) is 0 Å². The summed E-state index contributed by atoms with van der Waals surface area (Å²) in [6, 6.07) is 19.1. The molecule has 1 amide bonds. The minimum absolute atomic E-state index is 0.132. The number of amides is 1. The normalized spacial score (nSPS) is 9.84. The van der Waals surface area contributed by atoms with E-state index in [9.17, 15) is 4.79 Å². The number of carbonyl (C=O) groups is 1. The van der Waals surface area contributed by atoms with E-state index < -0.39 is 0 Å². The van der Waals surface area contributed by atoms with Crippen LogP contribution in [-0.4, -0.2) is 20.0 Å². The van der Waals surface area contributed by atoms with Crippen LogP contribution < -0.4 is 10.2 Å². The van der Waals surface area contributed by atoms with Crippen molar-refractivity contribution >= 4 is 28.6 Å². The highest BCUT2D eigenvalue weighted by atomic mass is 32.1. The highest BCUT2D eigenvalue weighted by Gasteiger charge is 2.07. The van der Waals surface area contributed by atoms with Gasteiger partial charge in [-0.2, -0.15) is 0 Å². The fourth-order valence-electron chi connectivity index (χ4n) is 2.29. The molecule has 0 bridgehead atoms. The molecule has 1 N–H and O–H groups in total. The Balaban J connectivity index is 1.76. The molecule has 0 aliphatic carbocycles. The lowest BCUT2D eigenvalue weighted by molar-refractivity contribution is 0.102. The number of anilines is 2. The predicted octanol–water partition coefficient (Wildman–Crippen LogP) is 4.47. The van der Waals surface area contributed by atoms with Crippen LogP contribution in [0.25, 0.3) is 0 Å². The molecular weight excluding hydrogens is 328 g/mol. The molecule has 1 aromatic heterocycles. The summed E-state index contributed by atoms with van der Waals surface area (Å²) in [7, 11) is 3.90. The zero-order valence-corrected chi connectivity index (χ0v) is 14.9. The summed E-state index contributed by atoms with van der Waals surface area (Å²) in [6.45, 7) is 0. The van der Waals surface area contributed by atoms with Gasteiger partial charge in [-0.3, -0.25) is 4.79 Å². The Morgan fingerprint density at radius 2 is 1.84 bits per heavy atom. The first-order chi connectivity index (χ1) is 12.1. The molecule has 0 aliphatic heterocycles. The third-order valence-electron chi connectivity index (χ3n) is 3.60. The number of rotatable bonds is 3. The summed E-state index contributed by atoms with van der Waals surface area (Å²) < 4.78 is 0. The van der Waals surface area contributed by atoms with Crippen molar-refractivity contribution in [3.63, 3.8) is 0 Å². The molecule has 0 saturated heterocycles. The third kappa shape index (κ3) is 4.50. The second-order valence-electron chi connectivity index (χ2n) is 5.71. The van der Waals surface area contributed by atoms with Crippen molar-refractivity contribution < 1.29 is 4.79 Å². The molecule has 3 nitrogen and oxygen atoms in total. The fraction of sp³-hybridized carbons (Fsp3) is 0.0952. The van der Waals surface area contributed by atoms with Crippen molar-refractivity contribution in [3.05, 3.63) is 82.0 Å². The molecule has 3 rings (SSSR count). The SMILES string of the molecule is CN(C)c1cccc(C(=O)Nc2cccc(C#Cc3cccs3)c2)c1. The number of benzene rings is 2.